The van der Waals surface area contributed by atoms with Gasteiger partial charge in [0.05, 0.1) is 44.3 Å². The second kappa shape index (κ2) is 7.14. The van der Waals surface area contributed by atoms with E-state index >= 15 is 0 Å². The zero-order valence-corrected chi connectivity index (χ0v) is 14.6. The van der Waals surface area contributed by atoms with Gasteiger partial charge in [0.1, 0.15) is 6.67 Å². The van der Waals surface area contributed by atoms with E-state index < -0.39 is 9.85 Å². The van der Waals surface area contributed by atoms with Crippen molar-refractivity contribution in [3.8, 4) is 0 Å². The Hall–Kier alpha value is -2.91. The number of nitrogens with zero attached hydrogens (tertiary/aromatic N) is 5. The number of benzene rings is 2. The van der Waals surface area contributed by atoms with Crippen LogP contribution in [0.25, 0.3) is 0 Å². The molecule has 0 aromatic heterocycles. The summed E-state index contributed by atoms with van der Waals surface area (Å²) in [5, 5.41) is 22.1. The molecule has 0 saturated heterocycles. The highest BCUT2D eigenvalue weighted by Gasteiger charge is 2.21. The smallest absolute Gasteiger partial charge is 0.271 e. The summed E-state index contributed by atoms with van der Waals surface area (Å²) in [7, 11) is 0. The maximum atomic E-state index is 10.8. The van der Waals surface area contributed by atoms with Crippen LogP contribution < -0.4 is 9.80 Å². The summed E-state index contributed by atoms with van der Waals surface area (Å²) in [6, 6.07) is 8.35. The molecule has 11 heteroatoms. The van der Waals surface area contributed by atoms with Gasteiger partial charge in [-0.3, -0.25) is 25.2 Å². The number of hydrogen-bond acceptors (Lipinski definition) is 7. The third-order valence-corrected chi connectivity index (χ3v) is 4.34. The topological polar surface area (TPSA) is 105 Å². The Labute approximate surface area is 157 Å². The Balaban J connectivity index is 1.86. The number of halogens is 2. The van der Waals surface area contributed by atoms with Crippen LogP contribution in [0.2, 0.25) is 10.0 Å². The minimum absolute atomic E-state index is 0.102. The van der Waals surface area contributed by atoms with Gasteiger partial charge in [0, 0.05) is 24.3 Å². The Bertz CT molecular complexity index is 921. The lowest BCUT2D eigenvalue weighted by Gasteiger charge is -2.34. The van der Waals surface area contributed by atoms with Crippen LogP contribution in [-0.2, 0) is 0 Å². The molecule has 1 aliphatic heterocycles. The normalized spacial score (nSPS) is 13.8. The molecule has 0 spiro atoms. The van der Waals surface area contributed by atoms with E-state index in [0.717, 1.165) is 0 Å². The van der Waals surface area contributed by atoms with Gasteiger partial charge in [0.25, 0.3) is 11.4 Å². The van der Waals surface area contributed by atoms with Crippen molar-refractivity contribution in [2.24, 2.45) is 4.99 Å². The standard InChI is InChI=1S/C15H11Cl2N5O4/c16-12-5-10(21(23)24)1-3-14(12)19-7-18-8-20(9-19)15-4-2-11(22(25)26)6-13(15)17/h1-7H,8-9H2. The molecule has 0 saturated carbocycles. The Morgan fingerprint density at radius 2 is 1.46 bits per heavy atom. The number of nitro benzene ring substituents is 2. The van der Waals surface area contributed by atoms with Gasteiger partial charge in [-0.05, 0) is 12.1 Å². The lowest BCUT2D eigenvalue weighted by Crippen LogP contribution is -2.41. The first kappa shape index (κ1) is 17.9. The fourth-order valence-corrected chi connectivity index (χ4v) is 3.08. The first-order valence-electron chi connectivity index (χ1n) is 7.26. The molecule has 26 heavy (non-hydrogen) atoms. The van der Waals surface area contributed by atoms with Gasteiger partial charge in [-0.15, -0.1) is 0 Å². The van der Waals surface area contributed by atoms with Gasteiger partial charge in [-0.1, -0.05) is 23.2 Å². The third kappa shape index (κ3) is 3.53. The molecule has 0 N–H and O–H groups in total. The van der Waals surface area contributed by atoms with Crippen LogP contribution in [0.4, 0.5) is 22.7 Å². The van der Waals surface area contributed by atoms with Crippen molar-refractivity contribution in [3.05, 3.63) is 66.7 Å². The van der Waals surface area contributed by atoms with Crippen LogP contribution >= 0.6 is 23.2 Å². The lowest BCUT2D eigenvalue weighted by molar-refractivity contribution is -0.385. The molecule has 1 aliphatic rings. The average molecular weight is 396 g/mol. The first-order valence-corrected chi connectivity index (χ1v) is 8.02. The highest BCUT2D eigenvalue weighted by atomic mass is 35.5. The highest BCUT2D eigenvalue weighted by Crippen LogP contribution is 2.33. The van der Waals surface area contributed by atoms with E-state index in [9.17, 15) is 20.2 Å². The van der Waals surface area contributed by atoms with Gasteiger partial charge in [-0.25, -0.2) is 0 Å². The first-order chi connectivity index (χ1) is 12.4. The molecule has 2 aromatic rings. The van der Waals surface area contributed by atoms with E-state index in [1.54, 1.807) is 22.2 Å². The summed E-state index contributed by atoms with van der Waals surface area (Å²) in [5.74, 6) is 0. The molecule has 1 heterocycles. The van der Waals surface area contributed by atoms with Gasteiger partial charge in [0.15, 0.2) is 0 Å². The van der Waals surface area contributed by atoms with E-state index in [0.29, 0.717) is 24.7 Å². The van der Waals surface area contributed by atoms with Crippen molar-refractivity contribution in [1.29, 1.82) is 0 Å². The Kier molecular flexibility index (Phi) is 4.92. The van der Waals surface area contributed by atoms with E-state index in [2.05, 4.69) is 4.99 Å². The van der Waals surface area contributed by atoms with Gasteiger partial charge < -0.3 is 9.80 Å². The number of non-ortho nitro benzene ring substituents is 2. The number of aliphatic imine (C=N–C) groups is 1. The van der Waals surface area contributed by atoms with Crippen molar-refractivity contribution in [3.63, 3.8) is 0 Å². The van der Waals surface area contributed by atoms with Gasteiger partial charge >= 0.3 is 0 Å². The summed E-state index contributed by atoms with van der Waals surface area (Å²) in [6.45, 7) is 0.622. The molecule has 2 aromatic carbocycles. The molecule has 9 nitrogen and oxygen atoms in total. The molecule has 0 unspecified atom stereocenters. The number of hydrogen-bond donors (Lipinski definition) is 0. The predicted octanol–water partition coefficient (Wildman–Crippen LogP) is 4.08. The van der Waals surface area contributed by atoms with Crippen LogP contribution in [-0.4, -0.2) is 29.5 Å². The second-order valence-corrected chi connectivity index (χ2v) is 6.19. The largest absolute Gasteiger partial charge is 0.333 e. The Morgan fingerprint density at radius 3 is 1.96 bits per heavy atom. The van der Waals surface area contributed by atoms with E-state index in [-0.39, 0.29) is 21.4 Å². The fraction of sp³-hybridized carbons (Fsp3) is 0.133. The van der Waals surface area contributed by atoms with Crippen molar-refractivity contribution in [2.75, 3.05) is 23.1 Å². The summed E-state index contributed by atoms with van der Waals surface area (Å²) < 4.78 is 0. The molecule has 0 amide bonds. The molecular formula is C15H11Cl2N5O4. The number of anilines is 2. The molecule has 0 bridgehead atoms. The lowest BCUT2D eigenvalue weighted by atomic mass is 10.2. The van der Waals surface area contributed by atoms with Crippen molar-refractivity contribution in [1.82, 2.24) is 0 Å². The summed E-state index contributed by atoms with van der Waals surface area (Å²) in [5.41, 5.74) is 0.915. The van der Waals surface area contributed by atoms with Crippen LogP contribution in [0.1, 0.15) is 0 Å². The Morgan fingerprint density at radius 1 is 0.923 bits per heavy atom. The van der Waals surface area contributed by atoms with Crippen molar-refractivity contribution >= 4 is 52.3 Å². The molecule has 0 radical (unpaired) electrons. The van der Waals surface area contributed by atoms with Crippen LogP contribution in [0.15, 0.2) is 41.4 Å². The van der Waals surface area contributed by atoms with Crippen LogP contribution in [0.5, 0.6) is 0 Å². The molecule has 134 valence electrons. The molecular weight excluding hydrogens is 385 g/mol. The fourth-order valence-electron chi connectivity index (χ4n) is 2.50. The minimum atomic E-state index is -0.525. The monoisotopic (exact) mass is 395 g/mol. The van der Waals surface area contributed by atoms with Gasteiger partial charge in [0.2, 0.25) is 0 Å². The number of rotatable bonds is 4. The number of nitro groups is 2. The molecule has 0 fully saturated rings. The van der Waals surface area contributed by atoms with Crippen molar-refractivity contribution in [2.45, 2.75) is 0 Å². The molecule has 0 aliphatic carbocycles. The van der Waals surface area contributed by atoms with Crippen LogP contribution in [0.3, 0.4) is 0 Å². The molecule has 3 rings (SSSR count). The average Bonchev–Trinajstić information content (AvgIpc) is 2.61. The quantitative estimate of drug-likeness (QED) is 0.570. The van der Waals surface area contributed by atoms with Crippen molar-refractivity contribution < 1.29 is 9.85 Å². The highest BCUT2D eigenvalue weighted by molar-refractivity contribution is 6.34. The SMILES string of the molecule is O=[N+]([O-])c1ccc(N2C=NCN(c3ccc([N+](=O)[O-])cc3Cl)C2)c(Cl)c1. The third-order valence-electron chi connectivity index (χ3n) is 3.73. The van der Waals surface area contributed by atoms with E-state index in [4.69, 9.17) is 23.2 Å². The summed E-state index contributed by atoms with van der Waals surface area (Å²) in [6.07, 6.45) is 1.57. The van der Waals surface area contributed by atoms with Crippen LogP contribution in [0, 0.1) is 20.2 Å². The van der Waals surface area contributed by atoms with E-state index in [1.165, 1.54) is 30.3 Å². The van der Waals surface area contributed by atoms with E-state index in [1.807, 2.05) is 0 Å². The summed E-state index contributed by atoms with van der Waals surface area (Å²) in [4.78, 5) is 28.3. The second-order valence-electron chi connectivity index (χ2n) is 5.38. The maximum absolute atomic E-state index is 10.8. The molecule has 0 atom stereocenters. The maximum Gasteiger partial charge on any atom is 0.271 e. The zero-order chi connectivity index (χ0) is 18.8. The van der Waals surface area contributed by atoms with Gasteiger partial charge in [-0.2, -0.15) is 0 Å². The summed E-state index contributed by atoms with van der Waals surface area (Å²) >= 11 is 12.3. The zero-order valence-electron chi connectivity index (χ0n) is 13.1. The minimum Gasteiger partial charge on any atom is -0.333 e. The predicted molar refractivity (Wildman–Crippen MR) is 99.4 cm³/mol.